The van der Waals surface area contributed by atoms with E-state index in [4.69, 9.17) is 15.2 Å². The summed E-state index contributed by atoms with van der Waals surface area (Å²) in [6, 6.07) is 9.20. The molecule has 0 radical (unpaired) electrons. The van der Waals surface area contributed by atoms with E-state index in [9.17, 15) is 0 Å². The summed E-state index contributed by atoms with van der Waals surface area (Å²) in [5.74, 6) is 2.22. The van der Waals surface area contributed by atoms with Crippen LogP contribution in [0.2, 0.25) is 0 Å². The van der Waals surface area contributed by atoms with Crippen LogP contribution in [0.5, 0.6) is 11.5 Å². The quantitative estimate of drug-likeness (QED) is 0.846. The van der Waals surface area contributed by atoms with E-state index < -0.39 is 0 Å². The van der Waals surface area contributed by atoms with Gasteiger partial charge in [0.25, 0.3) is 0 Å². The Bertz CT molecular complexity index is 572. The first-order chi connectivity index (χ1) is 8.81. The Balaban J connectivity index is 1.85. The molecule has 18 heavy (non-hydrogen) atoms. The molecular formula is C13H13N3O2. The maximum absolute atomic E-state index is 5.70. The van der Waals surface area contributed by atoms with Crippen molar-refractivity contribution < 1.29 is 9.47 Å². The predicted octanol–water partition coefficient (Wildman–Crippen LogP) is 2.18. The lowest BCUT2D eigenvalue weighted by molar-refractivity contribution is 0.171. The van der Waals surface area contributed by atoms with Crippen molar-refractivity contribution in [3.8, 4) is 11.5 Å². The largest absolute Gasteiger partial charge is 0.486 e. The van der Waals surface area contributed by atoms with Crippen LogP contribution in [0.15, 0.2) is 36.5 Å². The summed E-state index contributed by atoms with van der Waals surface area (Å²) in [7, 11) is 0. The smallest absolute Gasteiger partial charge is 0.163 e. The maximum Gasteiger partial charge on any atom is 0.163 e. The third-order valence-corrected chi connectivity index (χ3v) is 2.60. The molecule has 1 aliphatic heterocycles. The molecule has 0 atom stereocenters. The van der Waals surface area contributed by atoms with Crippen molar-refractivity contribution in [2.45, 2.75) is 0 Å². The van der Waals surface area contributed by atoms with E-state index in [1.807, 2.05) is 18.2 Å². The molecule has 1 aliphatic rings. The molecule has 2 heterocycles. The lowest BCUT2D eigenvalue weighted by atomic mass is 10.2. The number of ether oxygens (including phenoxy) is 2. The third-order valence-electron chi connectivity index (χ3n) is 2.60. The Morgan fingerprint density at radius 2 is 1.89 bits per heavy atom. The standard InChI is InChI=1S/C13H13N3O2/c14-9-3-4-15-13(7-9)16-10-1-2-11-12(8-10)18-6-5-17-11/h1-4,7-8H,5-6H2,(H3,14,15,16). The van der Waals surface area contributed by atoms with Gasteiger partial charge in [0.2, 0.25) is 0 Å². The molecule has 3 rings (SSSR count). The summed E-state index contributed by atoms with van der Waals surface area (Å²) >= 11 is 0. The highest BCUT2D eigenvalue weighted by molar-refractivity contribution is 5.63. The number of benzene rings is 1. The zero-order chi connectivity index (χ0) is 12.4. The number of nitrogens with one attached hydrogen (secondary N) is 1. The van der Waals surface area contributed by atoms with Gasteiger partial charge in [-0.05, 0) is 18.2 Å². The van der Waals surface area contributed by atoms with Gasteiger partial charge in [0, 0.05) is 29.7 Å². The number of nitrogens with zero attached hydrogens (tertiary/aromatic N) is 1. The van der Waals surface area contributed by atoms with E-state index in [-0.39, 0.29) is 0 Å². The highest BCUT2D eigenvalue weighted by Crippen LogP contribution is 2.33. The van der Waals surface area contributed by atoms with Gasteiger partial charge in [0.15, 0.2) is 11.5 Å². The average Bonchev–Trinajstić information content (AvgIpc) is 2.39. The molecule has 3 N–H and O–H groups in total. The number of aromatic nitrogens is 1. The van der Waals surface area contributed by atoms with Gasteiger partial charge in [-0.1, -0.05) is 0 Å². The molecule has 0 unspecified atom stereocenters. The molecule has 0 amide bonds. The van der Waals surface area contributed by atoms with Crippen molar-refractivity contribution >= 4 is 17.2 Å². The van der Waals surface area contributed by atoms with Crippen molar-refractivity contribution in [3.05, 3.63) is 36.5 Å². The number of nitrogens with two attached hydrogens (primary N) is 1. The van der Waals surface area contributed by atoms with Crippen LogP contribution in [0, 0.1) is 0 Å². The minimum Gasteiger partial charge on any atom is -0.486 e. The van der Waals surface area contributed by atoms with Crippen LogP contribution in [-0.2, 0) is 0 Å². The van der Waals surface area contributed by atoms with E-state index in [0.29, 0.717) is 24.7 Å². The van der Waals surface area contributed by atoms with Crippen LogP contribution < -0.4 is 20.5 Å². The summed E-state index contributed by atoms with van der Waals surface area (Å²) in [5, 5.41) is 3.17. The SMILES string of the molecule is Nc1ccnc(Nc2ccc3c(c2)OCCO3)c1. The maximum atomic E-state index is 5.70. The van der Waals surface area contributed by atoms with E-state index in [1.54, 1.807) is 18.3 Å². The van der Waals surface area contributed by atoms with Crippen LogP contribution in [-0.4, -0.2) is 18.2 Å². The first kappa shape index (κ1) is 10.7. The zero-order valence-electron chi connectivity index (χ0n) is 9.72. The molecule has 1 aromatic carbocycles. The van der Waals surface area contributed by atoms with Crippen molar-refractivity contribution in [2.75, 3.05) is 24.3 Å². The monoisotopic (exact) mass is 243 g/mol. The Kier molecular flexibility index (Phi) is 2.64. The Morgan fingerprint density at radius 1 is 1.06 bits per heavy atom. The lowest BCUT2D eigenvalue weighted by Crippen LogP contribution is -2.15. The summed E-state index contributed by atoms with van der Waals surface area (Å²) in [5.41, 5.74) is 7.26. The minimum atomic E-state index is 0.576. The van der Waals surface area contributed by atoms with Gasteiger partial charge in [-0.3, -0.25) is 0 Å². The number of pyridine rings is 1. The van der Waals surface area contributed by atoms with E-state index in [2.05, 4.69) is 10.3 Å². The van der Waals surface area contributed by atoms with E-state index >= 15 is 0 Å². The second kappa shape index (κ2) is 4.44. The second-order valence-corrected chi connectivity index (χ2v) is 3.96. The fourth-order valence-electron chi connectivity index (χ4n) is 1.78. The molecule has 92 valence electrons. The van der Waals surface area contributed by atoms with E-state index in [1.165, 1.54) is 0 Å². The number of fused-ring (bicyclic) bond motifs is 1. The molecule has 5 nitrogen and oxygen atoms in total. The number of anilines is 3. The molecule has 0 aliphatic carbocycles. The van der Waals surface area contributed by atoms with E-state index in [0.717, 1.165) is 17.2 Å². The summed E-state index contributed by atoms with van der Waals surface area (Å²) < 4.78 is 11.0. The fourth-order valence-corrected chi connectivity index (χ4v) is 1.78. The molecule has 2 aromatic rings. The molecule has 5 heteroatoms. The Labute approximate surface area is 105 Å². The van der Waals surface area contributed by atoms with Crippen molar-refractivity contribution in [1.82, 2.24) is 4.98 Å². The van der Waals surface area contributed by atoms with Crippen LogP contribution in [0.1, 0.15) is 0 Å². The van der Waals surface area contributed by atoms with Gasteiger partial charge in [-0.15, -0.1) is 0 Å². The molecule has 1 aromatic heterocycles. The summed E-state index contributed by atoms with van der Waals surface area (Å²) in [4.78, 5) is 4.18. The van der Waals surface area contributed by atoms with Crippen LogP contribution in [0.25, 0.3) is 0 Å². The Morgan fingerprint density at radius 3 is 2.72 bits per heavy atom. The number of hydrogen-bond acceptors (Lipinski definition) is 5. The van der Waals surface area contributed by atoms with Gasteiger partial charge >= 0.3 is 0 Å². The normalized spacial score (nSPS) is 13.1. The predicted molar refractivity (Wildman–Crippen MR) is 69.4 cm³/mol. The van der Waals surface area contributed by atoms with Gasteiger partial charge < -0.3 is 20.5 Å². The molecule has 0 fully saturated rings. The number of rotatable bonds is 2. The van der Waals surface area contributed by atoms with Gasteiger partial charge in [-0.2, -0.15) is 0 Å². The number of hydrogen-bond donors (Lipinski definition) is 2. The summed E-state index contributed by atoms with van der Waals surface area (Å²) in [6.45, 7) is 1.17. The molecule has 0 spiro atoms. The molecule has 0 saturated carbocycles. The van der Waals surface area contributed by atoms with Crippen LogP contribution >= 0.6 is 0 Å². The molecule has 0 bridgehead atoms. The van der Waals surface area contributed by atoms with Crippen LogP contribution in [0.3, 0.4) is 0 Å². The fraction of sp³-hybridized carbons (Fsp3) is 0.154. The van der Waals surface area contributed by atoms with Crippen molar-refractivity contribution in [2.24, 2.45) is 0 Å². The zero-order valence-corrected chi connectivity index (χ0v) is 9.72. The van der Waals surface area contributed by atoms with Crippen LogP contribution in [0.4, 0.5) is 17.2 Å². The topological polar surface area (TPSA) is 69.4 Å². The lowest BCUT2D eigenvalue weighted by Gasteiger charge is -2.19. The first-order valence-electron chi connectivity index (χ1n) is 5.69. The Hall–Kier alpha value is -2.43. The third kappa shape index (κ3) is 2.15. The van der Waals surface area contributed by atoms with Crippen molar-refractivity contribution in [3.63, 3.8) is 0 Å². The van der Waals surface area contributed by atoms with Gasteiger partial charge in [0.05, 0.1) is 0 Å². The minimum absolute atomic E-state index is 0.576. The number of nitrogen functional groups attached to an aromatic ring is 1. The van der Waals surface area contributed by atoms with Gasteiger partial charge in [0.1, 0.15) is 19.0 Å². The molecule has 0 saturated heterocycles. The highest BCUT2D eigenvalue weighted by atomic mass is 16.6. The van der Waals surface area contributed by atoms with Gasteiger partial charge in [-0.25, -0.2) is 4.98 Å². The first-order valence-corrected chi connectivity index (χ1v) is 5.69. The van der Waals surface area contributed by atoms with Crippen molar-refractivity contribution in [1.29, 1.82) is 0 Å². The molecular weight excluding hydrogens is 230 g/mol. The summed E-state index contributed by atoms with van der Waals surface area (Å²) in [6.07, 6.45) is 1.66. The average molecular weight is 243 g/mol. The second-order valence-electron chi connectivity index (χ2n) is 3.96. The highest BCUT2D eigenvalue weighted by Gasteiger charge is 2.11.